The van der Waals surface area contributed by atoms with Gasteiger partial charge in [-0.15, -0.1) is 11.6 Å². The van der Waals surface area contributed by atoms with E-state index in [0.29, 0.717) is 21.2 Å². The van der Waals surface area contributed by atoms with Crippen LogP contribution in [0.2, 0.25) is 10.0 Å². The molecule has 0 heterocycles. The zero-order valence-corrected chi connectivity index (χ0v) is 12.1. The van der Waals surface area contributed by atoms with Gasteiger partial charge in [0.25, 0.3) is 0 Å². The van der Waals surface area contributed by atoms with Crippen LogP contribution in [-0.4, -0.2) is 0 Å². The zero-order valence-electron chi connectivity index (χ0n) is 9.80. The van der Waals surface area contributed by atoms with Crippen molar-refractivity contribution in [3.63, 3.8) is 0 Å². The summed E-state index contributed by atoms with van der Waals surface area (Å²) >= 11 is 17.7. The number of ether oxygens (including phenoxy) is 1. The van der Waals surface area contributed by atoms with Gasteiger partial charge in [0, 0.05) is 11.1 Å². The van der Waals surface area contributed by atoms with E-state index in [2.05, 4.69) is 0 Å². The maximum absolute atomic E-state index is 13.7. The summed E-state index contributed by atoms with van der Waals surface area (Å²) in [6.07, 6.45) is 0. The molecule has 0 aliphatic rings. The molecule has 0 aromatic heterocycles. The predicted octanol–water partition coefficient (Wildman–Crippen LogP) is 5.45. The van der Waals surface area contributed by atoms with E-state index < -0.39 is 5.82 Å². The largest absolute Gasteiger partial charge is 0.485 e. The fraction of sp³-hybridized carbons (Fsp3) is 0.143. The van der Waals surface area contributed by atoms with E-state index in [1.165, 1.54) is 6.07 Å². The van der Waals surface area contributed by atoms with Crippen molar-refractivity contribution in [2.75, 3.05) is 0 Å². The molecule has 5 heteroatoms. The highest BCUT2D eigenvalue weighted by atomic mass is 35.5. The molecule has 0 spiro atoms. The first-order valence-electron chi connectivity index (χ1n) is 5.52. The van der Waals surface area contributed by atoms with E-state index in [4.69, 9.17) is 39.5 Å². The molecule has 0 unspecified atom stereocenters. The third kappa shape index (κ3) is 3.33. The van der Waals surface area contributed by atoms with Crippen molar-refractivity contribution >= 4 is 34.8 Å². The average molecular weight is 320 g/mol. The van der Waals surface area contributed by atoms with Crippen molar-refractivity contribution in [2.45, 2.75) is 12.5 Å². The normalized spacial score (nSPS) is 10.5. The topological polar surface area (TPSA) is 9.23 Å². The fourth-order valence-electron chi connectivity index (χ4n) is 1.63. The summed E-state index contributed by atoms with van der Waals surface area (Å²) in [6.45, 7) is 0.129. The van der Waals surface area contributed by atoms with Gasteiger partial charge in [0.15, 0.2) is 11.6 Å². The summed E-state index contributed by atoms with van der Waals surface area (Å²) in [7, 11) is 0. The van der Waals surface area contributed by atoms with Gasteiger partial charge in [0.05, 0.1) is 15.9 Å². The van der Waals surface area contributed by atoms with Gasteiger partial charge in [0.2, 0.25) is 0 Å². The van der Waals surface area contributed by atoms with E-state index in [0.717, 1.165) is 0 Å². The number of rotatable bonds is 4. The van der Waals surface area contributed by atoms with Crippen molar-refractivity contribution in [3.8, 4) is 5.75 Å². The molecule has 0 saturated carbocycles. The Hall–Kier alpha value is -0.960. The first-order chi connectivity index (χ1) is 9.13. The Balaban J connectivity index is 2.21. The molecule has 2 aromatic carbocycles. The van der Waals surface area contributed by atoms with Crippen LogP contribution in [0.5, 0.6) is 5.75 Å². The van der Waals surface area contributed by atoms with Crippen LogP contribution in [-0.2, 0) is 12.5 Å². The lowest BCUT2D eigenvalue weighted by atomic mass is 10.2. The molecule has 0 aliphatic heterocycles. The maximum Gasteiger partial charge on any atom is 0.165 e. The second-order valence-corrected chi connectivity index (χ2v) is 4.92. The lowest BCUT2D eigenvalue weighted by Gasteiger charge is -2.12. The Morgan fingerprint density at radius 3 is 2.42 bits per heavy atom. The summed E-state index contributed by atoms with van der Waals surface area (Å²) in [4.78, 5) is 0. The maximum atomic E-state index is 13.7. The molecular formula is C14H10Cl3FO. The van der Waals surface area contributed by atoms with Gasteiger partial charge in [-0.2, -0.15) is 0 Å². The molecule has 0 amide bonds. The van der Waals surface area contributed by atoms with Gasteiger partial charge < -0.3 is 4.74 Å². The molecule has 19 heavy (non-hydrogen) atoms. The summed E-state index contributed by atoms with van der Waals surface area (Å²) in [6, 6.07) is 9.84. The van der Waals surface area contributed by atoms with Crippen LogP contribution in [0.15, 0.2) is 36.4 Å². The lowest BCUT2D eigenvalue weighted by molar-refractivity contribution is 0.288. The van der Waals surface area contributed by atoms with Crippen LogP contribution in [0.4, 0.5) is 4.39 Å². The molecule has 0 N–H and O–H groups in total. The second-order valence-electron chi connectivity index (χ2n) is 3.86. The minimum atomic E-state index is -0.448. The summed E-state index contributed by atoms with van der Waals surface area (Å²) in [5.41, 5.74) is 1.29. The van der Waals surface area contributed by atoms with Crippen LogP contribution in [0.1, 0.15) is 11.1 Å². The molecule has 0 fully saturated rings. The minimum Gasteiger partial charge on any atom is -0.485 e. The summed E-state index contributed by atoms with van der Waals surface area (Å²) in [5.74, 6) is -0.124. The third-order valence-corrected chi connectivity index (χ3v) is 3.74. The van der Waals surface area contributed by atoms with E-state index in [9.17, 15) is 4.39 Å². The summed E-state index contributed by atoms with van der Waals surface area (Å²) in [5, 5.41) is 0.849. The Kier molecular flexibility index (Phi) is 4.92. The van der Waals surface area contributed by atoms with E-state index >= 15 is 0 Å². The van der Waals surface area contributed by atoms with Gasteiger partial charge in [-0.05, 0) is 12.1 Å². The first-order valence-corrected chi connectivity index (χ1v) is 6.81. The van der Waals surface area contributed by atoms with Crippen molar-refractivity contribution in [1.29, 1.82) is 0 Å². The van der Waals surface area contributed by atoms with E-state index in [1.807, 2.05) is 0 Å². The van der Waals surface area contributed by atoms with Gasteiger partial charge in [-0.25, -0.2) is 4.39 Å². The van der Waals surface area contributed by atoms with Crippen LogP contribution < -0.4 is 4.74 Å². The highest BCUT2D eigenvalue weighted by Gasteiger charge is 2.11. The van der Waals surface area contributed by atoms with Gasteiger partial charge in [0.1, 0.15) is 6.61 Å². The summed E-state index contributed by atoms with van der Waals surface area (Å²) < 4.78 is 19.2. The monoisotopic (exact) mass is 318 g/mol. The molecular weight excluding hydrogens is 310 g/mol. The predicted molar refractivity (Wildman–Crippen MR) is 76.8 cm³/mol. The van der Waals surface area contributed by atoms with Crippen LogP contribution in [0.25, 0.3) is 0 Å². The molecule has 0 bridgehead atoms. The third-order valence-electron chi connectivity index (χ3n) is 2.60. The van der Waals surface area contributed by atoms with Crippen molar-refractivity contribution in [1.82, 2.24) is 0 Å². The number of para-hydroxylation sites is 1. The quantitative estimate of drug-likeness (QED) is 0.681. The fourth-order valence-corrected chi connectivity index (χ4v) is 2.22. The number of hydrogen-bond acceptors (Lipinski definition) is 1. The highest BCUT2D eigenvalue weighted by molar-refractivity contribution is 6.42. The zero-order chi connectivity index (χ0) is 13.8. The van der Waals surface area contributed by atoms with E-state index in [-0.39, 0.29) is 18.2 Å². The van der Waals surface area contributed by atoms with Gasteiger partial charge in [-0.3, -0.25) is 0 Å². The molecule has 0 aliphatic carbocycles. The van der Waals surface area contributed by atoms with Crippen LogP contribution in [0, 0.1) is 5.82 Å². The number of halogens is 4. The molecule has 0 saturated heterocycles. The van der Waals surface area contributed by atoms with Crippen molar-refractivity contribution < 1.29 is 9.13 Å². The number of hydrogen-bond donors (Lipinski definition) is 0. The Morgan fingerprint density at radius 2 is 1.68 bits per heavy atom. The average Bonchev–Trinajstić information content (AvgIpc) is 2.41. The molecule has 0 atom stereocenters. The van der Waals surface area contributed by atoms with E-state index in [1.54, 1.807) is 30.3 Å². The smallest absolute Gasteiger partial charge is 0.165 e. The minimum absolute atomic E-state index is 0.129. The van der Waals surface area contributed by atoms with Crippen LogP contribution in [0.3, 0.4) is 0 Å². The second kappa shape index (κ2) is 6.47. The molecule has 2 rings (SSSR count). The number of benzene rings is 2. The first kappa shape index (κ1) is 14.4. The number of alkyl halides is 1. The highest BCUT2D eigenvalue weighted by Crippen LogP contribution is 2.29. The standard InChI is InChI=1S/C14H10Cl3FO/c15-7-9-3-2-6-12(18)14(9)19-8-10-4-1-5-11(16)13(10)17/h1-6H,7-8H2. The van der Waals surface area contributed by atoms with Crippen molar-refractivity contribution in [2.24, 2.45) is 0 Å². The molecule has 100 valence electrons. The Bertz CT molecular complexity index is 587. The molecule has 2 aromatic rings. The van der Waals surface area contributed by atoms with Crippen molar-refractivity contribution in [3.05, 3.63) is 63.4 Å². The van der Waals surface area contributed by atoms with Gasteiger partial charge >= 0.3 is 0 Å². The lowest BCUT2D eigenvalue weighted by Crippen LogP contribution is -2.01. The molecule has 0 radical (unpaired) electrons. The SMILES string of the molecule is Fc1cccc(CCl)c1OCc1cccc(Cl)c1Cl. The van der Waals surface area contributed by atoms with Crippen LogP contribution >= 0.6 is 34.8 Å². The Morgan fingerprint density at radius 1 is 1.00 bits per heavy atom. The van der Waals surface area contributed by atoms with Gasteiger partial charge in [-0.1, -0.05) is 47.5 Å². The Labute approximate surface area is 125 Å². The molecule has 1 nitrogen and oxygen atoms in total.